The molecule has 1 fully saturated rings. The molecular formula is C20H25N3O3S. The molecule has 1 aromatic heterocycles. The average Bonchev–Trinajstić information content (AvgIpc) is 2.73. The number of rotatable bonds is 5. The van der Waals surface area contributed by atoms with Crippen molar-refractivity contribution < 1.29 is 13.2 Å². The Morgan fingerprint density at radius 2 is 1.74 bits per heavy atom. The van der Waals surface area contributed by atoms with Crippen molar-refractivity contribution in [2.24, 2.45) is 0 Å². The second-order valence-electron chi connectivity index (χ2n) is 6.79. The number of sulfonamides is 1. The van der Waals surface area contributed by atoms with Gasteiger partial charge in [-0.3, -0.25) is 9.78 Å². The normalized spacial score (nSPS) is 16.9. The van der Waals surface area contributed by atoms with Crippen LogP contribution in [0.15, 0.2) is 53.6 Å². The van der Waals surface area contributed by atoms with E-state index >= 15 is 0 Å². The van der Waals surface area contributed by atoms with Gasteiger partial charge in [-0.1, -0.05) is 32.0 Å². The number of carbonyl (C=O) groups is 1. The van der Waals surface area contributed by atoms with Crippen LogP contribution in [0.2, 0.25) is 0 Å². The zero-order chi connectivity index (χ0) is 19.4. The summed E-state index contributed by atoms with van der Waals surface area (Å²) in [6.07, 6.45) is 2.59. The summed E-state index contributed by atoms with van der Waals surface area (Å²) in [7, 11) is -3.55. The van der Waals surface area contributed by atoms with E-state index in [1.165, 1.54) is 4.31 Å². The van der Waals surface area contributed by atoms with Gasteiger partial charge in [0.05, 0.1) is 4.90 Å². The average molecular weight is 388 g/mol. The first-order valence-corrected chi connectivity index (χ1v) is 10.7. The maximum atomic E-state index is 12.9. The summed E-state index contributed by atoms with van der Waals surface area (Å²) in [5.41, 5.74) is 1.52. The third-order valence-electron chi connectivity index (χ3n) is 5.11. The van der Waals surface area contributed by atoms with Gasteiger partial charge in [-0.05, 0) is 42.2 Å². The van der Waals surface area contributed by atoms with Crippen molar-refractivity contribution in [1.29, 1.82) is 0 Å². The number of carbonyl (C=O) groups excluding carboxylic acids is 1. The van der Waals surface area contributed by atoms with Gasteiger partial charge in [0.2, 0.25) is 10.0 Å². The summed E-state index contributed by atoms with van der Waals surface area (Å²) in [5.74, 6) is 0.244. The number of pyridine rings is 1. The Kier molecular flexibility index (Phi) is 5.92. The third kappa shape index (κ3) is 4.20. The number of nitrogens with zero attached hydrogens (tertiary/aromatic N) is 3. The monoisotopic (exact) mass is 387 g/mol. The fraction of sp³-hybridized carbons (Fsp3) is 0.400. The van der Waals surface area contributed by atoms with E-state index < -0.39 is 10.0 Å². The lowest BCUT2D eigenvalue weighted by Crippen LogP contribution is -2.50. The molecule has 1 aliphatic heterocycles. The Bertz CT molecular complexity index is 874. The molecule has 6 nitrogen and oxygen atoms in total. The Hall–Kier alpha value is -2.25. The van der Waals surface area contributed by atoms with Crippen LogP contribution in [0.25, 0.3) is 0 Å². The van der Waals surface area contributed by atoms with Gasteiger partial charge in [0.25, 0.3) is 5.91 Å². The van der Waals surface area contributed by atoms with E-state index in [0.29, 0.717) is 29.6 Å². The lowest BCUT2D eigenvalue weighted by Gasteiger charge is -2.33. The summed E-state index contributed by atoms with van der Waals surface area (Å²) in [6, 6.07) is 12.3. The van der Waals surface area contributed by atoms with E-state index in [1.54, 1.807) is 41.4 Å². The van der Waals surface area contributed by atoms with Crippen molar-refractivity contribution in [2.75, 3.05) is 26.2 Å². The molecule has 1 aromatic carbocycles. The van der Waals surface area contributed by atoms with Crippen LogP contribution in [0.1, 0.15) is 42.2 Å². The van der Waals surface area contributed by atoms with Crippen LogP contribution < -0.4 is 0 Å². The number of amides is 1. The first-order chi connectivity index (χ1) is 12.9. The fourth-order valence-electron chi connectivity index (χ4n) is 3.14. The van der Waals surface area contributed by atoms with Crippen LogP contribution in [0, 0.1) is 0 Å². The van der Waals surface area contributed by atoms with Crippen molar-refractivity contribution in [3.8, 4) is 0 Å². The number of benzene rings is 1. The zero-order valence-electron chi connectivity index (χ0n) is 15.7. The highest BCUT2D eigenvalue weighted by Crippen LogP contribution is 2.23. The Balaban J connectivity index is 1.67. The molecule has 1 atom stereocenters. The largest absolute Gasteiger partial charge is 0.335 e. The van der Waals surface area contributed by atoms with Gasteiger partial charge < -0.3 is 4.90 Å². The van der Waals surface area contributed by atoms with E-state index in [2.05, 4.69) is 18.8 Å². The highest BCUT2D eigenvalue weighted by molar-refractivity contribution is 7.89. The van der Waals surface area contributed by atoms with E-state index in [4.69, 9.17) is 0 Å². The van der Waals surface area contributed by atoms with Crippen LogP contribution in [-0.4, -0.2) is 54.7 Å². The molecule has 1 amide bonds. The molecule has 0 unspecified atom stereocenters. The van der Waals surface area contributed by atoms with Gasteiger partial charge in [-0.25, -0.2) is 8.42 Å². The lowest BCUT2D eigenvalue weighted by molar-refractivity contribution is 0.0692. The Morgan fingerprint density at radius 1 is 1.07 bits per heavy atom. The minimum absolute atomic E-state index is 0.162. The van der Waals surface area contributed by atoms with Crippen molar-refractivity contribution >= 4 is 15.9 Å². The Morgan fingerprint density at radius 3 is 2.30 bits per heavy atom. The molecule has 144 valence electrons. The molecule has 0 aliphatic carbocycles. The molecule has 7 heteroatoms. The van der Waals surface area contributed by atoms with Crippen molar-refractivity contribution in [3.63, 3.8) is 0 Å². The highest BCUT2D eigenvalue weighted by Gasteiger charge is 2.30. The fourth-order valence-corrected chi connectivity index (χ4v) is 4.56. The smallest absolute Gasteiger partial charge is 0.272 e. The Labute approximate surface area is 160 Å². The minimum Gasteiger partial charge on any atom is -0.335 e. The van der Waals surface area contributed by atoms with E-state index in [0.717, 1.165) is 12.0 Å². The van der Waals surface area contributed by atoms with Crippen molar-refractivity contribution in [1.82, 2.24) is 14.2 Å². The first kappa shape index (κ1) is 19.5. The van der Waals surface area contributed by atoms with E-state index in [1.807, 2.05) is 12.1 Å². The van der Waals surface area contributed by atoms with Gasteiger partial charge in [0, 0.05) is 32.4 Å². The molecule has 1 aliphatic rings. The van der Waals surface area contributed by atoms with Crippen LogP contribution in [0.5, 0.6) is 0 Å². The molecule has 2 heterocycles. The first-order valence-electron chi connectivity index (χ1n) is 9.24. The summed E-state index contributed by atoms with van der Waals surface area (Å²) in [4.78, 5) is 18.5. The second kappa shape index (κ2) is 8.19. The van der Waals surface area contributed by atoms with Gasteiger partial charge in [0.1, 0.15) is 5.69 Å². The van der Waals surface area contributed by atoms with Crippen molar-refractivity contribution in [2.45, 2.75) is 31.1 Å². The van der Waals surface area contributed by atoms with E-state index in [-0.39, 0.29) is 19.0 Å². The topological polar surface area (TPSA) is 70.6 Å². The van der Waals surface area contributed by atoms with Gasteiger partial charge in [-0.2, -0.15) is 4.31 Å². The summed E-state index contributed by atoms with van der Waals surface area (Å²) >= 11 is 0. The number of aromatic nitrogens is 1. The zero-order valence-corrected chi connectivity index (χ0v) is 16.5. The lowest BCUT2D eigenvalue weighted by atomic mass is 9.99. The number of hydrogen-bond acceptors (Lipinski definition) is 4. The minimum atomic E-state index is -3.55. The quantitative estimate of drug-likeness (QED) is 0.791. The predicted molar refractivity (Wildman–Crippen MR) is 104 cm³/mol. The standard InChI is InChI=1S/C20H25N3O3S/c1-3-16(2)17-7-9-18(10-8-17)27(25,26)23-14-12-22(13-15-23)20(24)19-6-4-5-11-21-19/h4-11,16H,3,12-15H2,1-2H3/t16-/m1/s1. The van der Waals surface area contributed by atoms with Crippen LogP contribution in [0.4, 0.5) is 0 Å². The maximum Gasteiger partial charge on any atom is 0.272 e. The predicted octanol–water partition coefficient (Wildman–Crippen LogP) is 2.74. The molecule has 0 spiro atoms. The SMILES string of the molecule is CC[C@@H](C)c1ccc(S(=O)(=O)N2CCN(C(=O)c3ccccn3)CC2)cc1. The van der Waals surface area contributed by atoms with E-state index in [9.17, 15) is 13.2 Å². The molecule has 2 aromatic rings. The van der Waals surface area contributed by atoms with Gasteiger partial charge in [-0.15, -0.1) is 0 Å². The summed E-state index contributed by atoms with van der Waals surface area (Å²) in [5, 5.41) is 0. The molecule has 0 radical (unpaired) electrons. The maximum absolute atomic E-state index is 12.9. The van der Waals surface area contributed by atoms with Gasteiger partial charge in [0.15, 0.2) is 0 Å². The molecule has 0 saturated carbocycles. The van der Waals surface area contributed by atoms with Gasteiger partial charge >= 0.3 is 0 Å². The molecule has 1 saturated heterocycles. The molecule has 27 heavy (non-hydrogen) atoms. The van der Waals surface area contributed by atoms with Crippen molar-refractivity contribution in [3.05, 3.63) is 59.9 Å². The molecular weight excluding hydrogens is 362 g/mol. The number of hydrogen-bond donors (Lipinski definition) is 0. The summed E-state index contributed by atoms with van der Waals surface area (Å²) < 4.78 is 27.2. The molecule has 0 N–H and O–H groups in total. The third-order valence-corrected chi connectivity index (χ3v) is 7.02. The van der Waals surface area contributed by atoms with Crippen LogP contribution in [-0.2, 0) is 10.0 Å². The number of piperazine rings is 1. The second-order valence-corrected chi connectivity index (χ2v) is 8.73. The highest BCUT2D eigenvalue weighted by atomic mass is 32.2. The summed E-state index contributed by atoms with van der Waals surface area (Å²) in [6.45, 7) is 5.53. The molecule has 0 bridgehead atoms. The van der Waals surface area contributed by atoms with Crippen LogP contribution >= 0.6 is 0 Å². The van der Waals surface area contributed by atoms with Crippen LogP contribution in [0.3, 0.4) is 0 Å². The molecule has 3 rings (SSSR count).